The lowest BCUT2D eigenvalue weighted by atomic mass is 9.45. The quantitative estimate of drug-likeness (QED) is 0.312. The van der Waals surface area contributed by atoms with Crippen molar-refractivity contribution in [1.82, 2.24) is 0 Å². The van der Waals surface area contributed by atoms with Gasteiger partial charge in [0.05, 0.1) is 11.8 Å². The van der Waals surface area contributed by atoms with E-state index in [2.05, 4.69) is 58.3 Å². The van der Waals surface area contributed by atoms with Crippen LogP contribution in [-0.4, -0.2) is 41.7 Å². The van der Waals surface area contributed by atoms with E-state index in [4.69, 9.17) is 13.7 Å². The molecule has 4 aliphatic rings. The summed E-state index contributed by atoms with van der Waals surface area (Å²) in [5, 5.41) is 4.63. The van der Waals surface area contributed by atoms with Gasteiger partial charge in [0, 0.05) is 11.5 Å². The third-order valence-electron chi connectivity index (χ3n) is 9.57. The molecule has 0 aliphatic heterocycles. The van der Waals surface area contributed by atoms with E-state index in [1.807, 2.05) is 0 Å². The second-order valence-electron chi connectivity index (χ2n) is 13.9. The van der Waals surface area contributed by atoms with Gasteiger partial charge in [0.25, 0.3) is 0 Å². The molecule has 0 heterocycles. The molecule has 0 N–H and O–H groups in total. The van der Waals surface area contributed by atoms with E-state index in [1.165, 1.54) is 50.7 Å². The van der Waals surface area contributed by atoms with Crippen molar-refractivity contribution in [1.29, 1.82) is 0 Å². The van der Waals surface area contributed by atoms with Crippen molar-refractivity contribution in [2.24, 2.45) is 39.7 Å². The summed E-state index contributed by atoms with van der Waals surface area (Å²) >= 11 is 0. The van der Waals surface area contributed by atoms with Gasteiger partial charge in [-0.3, -0.25) is 0 Å². The minimum atomic E-state index is -1.65. The maximum Gasteiger partial charge on any atom is 0.184 e. The highest BCUT2D eigenvalue weighted by Crippen LogP contribution is 2.66. The highest BCUT2D eigenvalue weighted by molar-refractivity contribution is 6.70. The molecular formula is C26H49NO3Si2. The molecule has 4 rings (SSSR count). The first-order chi connectivity index (χ1) is 14.8. The zero-order chi connectivity index (χ0) is 23.5. The lowest BCUT2D eigenvalue weighted by Gasteiger charge is -2.60. The number of hydrogen-bond donors (Lipinski definition) is 0. The van der Waals surface area contributed by atoms with Crippen molar-refractivity contribution in [3.05, 3.63) is 0 Å². The number of nitrogens with zero attached hydrogens (tertiary/aromatic N) is 1. The Balaban J connectivity index is 1.55. The lowest BCUT2D eigenvalue weighted by Crippen LogP contribution is -2.54. The van der Waals surface area contributed by atoms with Crippen LogP contribution in [0.1, 0.15) is 65.2 Å². The van der Waals surface area contributed by atoms with E-state index >= 15 is 0 Å². The van der Waals surface area contributed by atoms with Crippen LogP contribution in [0.4, 0.5) is 0 Å². The van der Waals surface area contributed by atoms with Gasteiger partial charge in [0.1, 0.15) is 7.11 Å². The zero-order valence-corrected chi connectivity index (χ0v) is 24.3. The molecule has 8 atom stereocenters. The van der Waals surface area contributed by atoms with Gasteiger partial charge in [-0.15, -0.1) is 0 Å². The van der Waals surface area contributed by atoms with Crippen molar-refractivity contribution in [3.63, 3.8) is 0 Å². The average Bonchev–Trinajstić information content (AvgIpc) is 2.92. The highest BCUT2D eigenvalue weighted by Gasteiger charge is 2.62. The summed E-state index contributed by atoms with van der Waals surface area (Å²) in [6.45, 7) is 19.1. The summed E-state index contributed by atoms with van der Waals surface area (Å²) in [6.07, 6.45) is 11.1. The molecule has 0 aromatic heterocycles. The third-order valence-corrected chi connectivity index (χ3v) is 11.6. The number of hydrogen-bond acceptors (Lipinski definition) is 4. The Morgan fingerprint density at radius 3 is 2.12 bits per heavy atom. The monoisotopic (exact) mass is 479 g/mol. The van der Waals surface area contributed by atoms with E-state index in [0.717, 1.165) is 24.2 Å². The predicted molar refractivity (Wildman–Crippen MR) is 138 cm³/mol. The summed E-state index contributed by atoms with van der Waals surface area (Å²) in [6, 6.07) is 0. The number of oxime groups is 1. The number of fused-ring (bicyclic) bond motifs is 5. The zero-order valence-electron chi connectivity index (χ0n) is 22.3. The van der Waals surface area contributed by atoms with Gasteiger partial charge < -0.3 is 13.7 Å². The maximum absolute atomic E-state index is 6.71. The molecule has 3 unspecified atom stereocenters. The topological polar surface area (TPSA) is 40.0 Å². The van der Waals surface area contributed by atoms with Gasteiger partial charge in [-0.25, -0.2) is 0 Å². The molecule has 0 spiro atoms. The third kappa shape index (κ3) is 4.55. The summed E-state index contributed by atoms with van der Waals surface area (Å²) in [5.74, 6) is 3.18. The molecule has 0 radical (unpaired) electrons. The van der Waals surface area contributed by atoms with Crippen LogP contribution in [0.15, 0.2) is 5.16 Å². The molecule has 32 heavy (non-hydrogen) atoms. The van der Waals surface area contributed by atoms with Gasteiger partial charge >= 0.3 is 0 Å². The van der Waals surface area contributed by atoms with E-state index in [0.29, 0.717) is 17.4 Å². The fourth-order valence-electron chi connectivity index (χ4n) is 8.40. The normalized spacial score (nSPS) is 45.8. The summed E-state index contributed by atoms with van der Waals surface area (Å²) in [5.41, 5.74) is 1.84. The van der Waals surface area contributed by atoms with Gasteiger partial charge in [0.2, 0.25) is 0 Å². The van der Waals surface area contributed by atoms with Gasteiger partial charge in [-0.1, -0.05) is 19.0 Å². The Bertz CT molecular complexity index is 730. The first-order valence-corrected chi connectivity index (χ1v) is 20.1. The van der Waals surface area contributed by atoms with E-state index in [1.54, 1.807) is 7.11 Å². The van der Waals surface area contributed by atoms with Crippen LogP contribution in [0.3, 0.4) is 0 Å². The van der Waals surface area contributed by atoms with Crippen molar-refractivity contribution < 1.29 is 13.7 Å². The molecule has 4 fully saturated rings. The second-order valence-corrected chi connectivity index (χ2v) is 22.8. The predicted octanol–water partition coefficient (Wildman–Crippen LogP) is 7.08. The molecule has 0 amide bonds. The molecule has 4 saturated carbocycles. The standard InChI is InChI=1S/C26H49NO3Si2/c1-25-14-12-19(29-31(4,5)6)16-18(25)10-11-20-21(25)13-15-26(2)22(20)17-23(24(26)27-28-3)30-32(7,8)9/h18-23H,10-17H2,1-9H3/b27-24+/t18-,19+,20?,21?,22?,23+,25-,26-/m0/s1. The van der Waals surface area contributed by atoms with Gasteiger partial charge in [0.15, 0.2) is 16.6 Å². The fraction of sp³-hybridized carbons (Fsp3) is 0.962. The van der Waals surface area contributed by atoms with E-state index in [9.17, 15) is 0 Å². The molecule has 6 heteroatoms. The average molecular weight is 480 g/mol. The Morgan fingerprint density at radius 1 is 0.812 bits per heavy atom. The minimum absolute atomic E-state index is 0.142. The van der Waals surface area contributed by atoms with Crippen molar-refractivity contribution in [3.8, 4) is 0 Å². The molecule has 0 bridgehead atoms. The first kappa shape index (κ1) is 24.9. The molecule has 0 aromatic rings. The maximum atomic E-state index is 6.71. The van der Waals surface area contributed by atoms with Gasteiger partial charge in [-0.2, -0.15) is 0 Å². The SMILES string of the molecule is CO/N=C1\[C@H](O[Si](C)(C)C)CC2C3CC[C@H]4C[C@H](O[Si](C)(C)C)CC[C@]4(C)C3CC[C@]12C. The van der Waals surface area contributed by atoms with Crippen LogP contribution in [0.25, 0.3) is 0 Å². The fourth-order valence-corrected chi connectivity index (χ4v) is 10.7. The Morgan fingerprint density at radius 2 is 1.50 bits per heavy atom. The van der Waals surface area contributed by atoms with Crippen molar-refractivity contribution in [2.45, 2.75) is 117 Å². The highest BCUT2D eigenvalue weighted by atomic mass is 28.4. The second kappa shape index (κ2) is 8.49. The molecular weight excluding hydrogens is 430 g/mol. The van der Waals surface area contributed by atoms with E-state index < -0.39 is 16.6 Å². The van der Waals surface area contributed by atoms with Crippen LogP contribution >= 0.6 is 0 Å². The summed E-state index contributed by atoms with van der Waals surface area (Å²) in [4.78, 5) is 5.39. The molecule has 0 saturated heterocycles. The smallest absolute Gasteiger partial charge is 0.184 e. The lowest BCUT2D eigenvalue weighted by molar-refractivity contribution is -0.112. The minimum Gasteiger partial charge on any atom is -0.415 e. The van der Waals surface area contributed by atoms with Crippen LogP contribution < -0.4 is 0 Å². The van der Waals surface area contributed by atoms with E-state index in [-0.39, 0.29) is 11.5 Å². The summed E-state index contributed by atoms with van der Waals surface area (Å²) < 4.78 is 13.3. The Labute approximate surface area is 199 Å². The molecule has 0 aromatic carbocycles. The molecule has 184 valence electrons. The van der Waals surface area contributed by atoms with Gasteiger partial charge in [-0.05, 0) is 120 Å². The van der Waals surface area contributed by atoms with Crippen molar-refractivity contribution in [2.75, 3.05) is 7.11 Å². The van der Waals surface area contributed by atoms with Crippen LogP contribution in [-0.2, 0) is 13.7 Å². The van der Waals surface area contributed by atoms with Crippen LogP contribution in [0.5, 0.6) is 0 Å². The Kier molecular flexibility index (Phi) is 6.62. The largest absolute Gasteiger partial charge is 0.415 e. The summed E-state index contributed by atoms with van der Waals surface area (Å²) in [7, 11) is -1.42. The Hall–Kier alpha value is -0.176. The molecule has 4 nitrogen and oxygen atoms in total. The molecule has 4 aliphatic carbocycles. The van der Waals surface area contributed by atoms with Crippen LogP contribution in [0.2, 0.25) is 39.3 Å². The van der Waals surface area contributed by atoms with Crippen LogP contribution in [0, 0.1) is 34.5 Å². The van der Waals surface area contributed by atoms with Crippen molar-refractivity contribution >= 4 is 22.3 Å². The first-order valence-electron chi connectivity index (χ1n) is 13.2. The number of rotatable bonds is 5.